The van der Waals surface area contributed by atoms with Crippen molar-refractivity contribution in [2.75, 3.05) is 0 Å². The molecule has 8 unspecified atom stereocenters. The number of thioether (sulfide) groups is 2. The van der Waals surface area contributed by atoms with Crippen LogP contribution in [-0.2, 0) is 20.8 Å². The SMILES string of the molecule is CC1CC2CCCCC2C1[Si](C)(C)C1C2SC(c3ccccc3)=CC2C2C=C(c3ccccc3)SC21.[CH3-].[CH3-].[Cl][Zr+2][Cl]. The van der Waals surface area contributed by atoms with E-state index in [0.29, 0.717) is 11.8 Å². The van der Waals surface area contributed by atoms with Gasteiger partial charge in [0.05, 0.1) is 8.07 Å². The van der Waals surface area contributed by atoms with E-state index in [2.05, 4.69) is 116 Å². The summed E-state index contributed by atoms with van der Waals surface area (Å²) in [6.07, 6.45) is 12.9. The molecule has 0 bridgehead atoms. The monoisotopic (exact) mass is 718 g/mol. The van der Waals surface area contributed by atoms with Crippen LogP contribution in [0.4, 0.5) is 0 Å². The molecule has 0 N–H and O–H groups in total. The Hall–Kier alpha value is 0.300. The molecule has 8 atom stereocenters. The number of rotatable bonds is 4. The van der Waals surface area contributed by atoms with E-state index in [0.717, 1.165) is 39.3 Å². The van der Waals surface area contributed by atoms with Crippen LogP contribution in [-0.4, -0.2) is 18.6 Å². The predicted octanol–water partition coefficient (Wildman–Crippen LogP) is 12.1. The predicted molar refractivity (Wildman–Crippen MR) is 187 cm³/mol. The van der Waals surface area contributed by atoms with Crippen LogP contribution in [0.15, 0.2) is 72.8 Å². The van der Waals surface area contributed by atoms with Gasteiger partial charge in [-0.05, 0) is 58.2 Å². The molecule has 3 aliphatic carbocycles. The van der Waals surface area contributed by atoms with Crippen LogP contribution < -0.4 is 0 Å². The quantitative estimate of drug-likeness (QED) is 0.228. The van der Waals surface area contributed by atoms with Crippen LogP contribution in [0.25, 0.3) is 9.81 Å². The molecule has 2 aliphatic heterocycles. The van der Waals surface area contributed by atoms with Crippen LogP contribution in [0.1, 0.15) is 50.2 Å². The van der Waals surface area contributed by atoms with E-state index in [1.807, 2.05) is 0 Å². The van der Waals surface area contributed by atoms with Crippen LogP contribution in [0.2, 0.25) is 24.2 Å². The molecule has 2 aromatic rings. The van der Waals surface area contributed by atoms with E-state index in [1.165, 1.54) is 43.2 Å². The second kappa shape index (κ2) is 14.6. The molecule has 220 valence electrons. The Morgan fingerprint density at radius 1 is 0.732 bits per heavy atom. The minimum absolute atomic E-state index is 0. The number of allylic oxidation sites excluding steroid dienone is 2. The van der Waals surface area contributed by atoms with E-state index in [-0.39, 0.29) is 14.9 Å². The molecule has 3 saturated carbocycles. The van der Waals surface area contributed by atoms with Gasteiger partial charge in [0.25, 0.3) is 0 Å². The van der Waals surface area contributed by atoms with Gasteiger partial charge in [0.15, 0.2) is 0 Å². The van der Waals surface area contributed by atoms with Crippen molar-refractivity contribution in [3.8, 4) is 0 Å². The standard InChI is InChI=1S/C33H40S2Si.2CH3.2ClH.Zr/c1-21-18-24-16-10-11-17-25(24)32(21)36(2,3)33-30-26(19-28(34-30)22-12-6-4-7-13-22)27-20-29(35-31(27)33)23-14-8-5-9-15-23;;;;;/h4-9,12-15,19-21,24-27,30-33H,10-11,16-18H2,1-3H3;2*1H3;2*1H;/q;2*-1;;;+4/p-2. The van der Waals surface area contributed by atoms with Crippen LogP contribution in [0.5, 0.6) is 0 Å². The molecule has 5 aliphatic rings. The number of hydrogen-bond acceptors (Lipinski definition) is 2. The van der Waals surface area contributed by atoms with Crippen LogP contribution in [0.3, 0.4) is 0 Å². The summed E-state index contributed by atoms with van der Waals surface area (Å²) in [5.74, 6) is 4.37. The molecule has 0 radical (unpaired) electrons. The minimum atomic E-state index is -1.55. The molecule has 6 heteroatoms. The Balaban J connectivity index is 0.000000744. The van der Waals surface area contributed by atoms with Crippen molar-refractivity contribution in [1.29, 1.82) is 0 Å². The van der Waals surface area contributed by atoms with Crippen molar-refractivity contribution in [3.05, 3.63) is 98.8 Å². The summed E-state index contributed by atoms with van der Waals surface area (Å²) in [4.78, 5) is 3.11. The molecule has 7 rings (SSSR count). The average Bonchev–Trinajstić information content (AvgIpc) is 3.69. The molecular weight excluding hydrogens is 675 g/mol. The first-order chi connectivity index (χ1) is 18.9. The zero-order valence-electron chi connectivity index (χ0n) is 25.2. The molecule has 2 aromatic carbocycles. The van der Waals surface area contributed by atoms with Crippen molar-refractivity contribution >= 4 is 58.4 Å². The fourth-order valence-corrected chi connectivity index (χ4v) is 20.9. The number of fused-ring (bicyclic) bond motifs is 4. The second-order valence-electron chi connectivity index (χ2n) is 13.0. The Morgan fingerprint density at radius 3 is 1.68 bits per heavy atom. The van der Waals surface area contributed by atoms with Gasteiger partial charge in [-0.15, -0.1) is 23.5 Å². The van der Waals surface area contributed by atoms with Gasteiger partial charge in [0.2, 0.25) is 0 Å². The molecular formula is C35H46Cl2S2SiZr. The van der Waals surface area contributed by atoms with Gasteiger partial charge < -0.3 is 14.9 Å². The maximum absolute atomic E-state index is 4.93. The fraction of sp³-hybridized carbons (Fsp3) is 0.486. The summed E-state index contributed by atoms with van der Waals surface area (Å²) >= 11 is 3.71. The van der Waals surface area contributed by atoms with Gasteiger partial charge in [-0.25, -0.2) is 0 Å². The van der Waals surface area contributed by atoms with E-state index in [9.17, 15) is 0 Å². The van der Waals surface area contributed by atoms with Crippen molar-refractivity contribution in [2.24, 2.45) is 29.6 Å². The van der Waals surface area contributed by atoms with Gasteiger partial charge in [-0.1, -0.05) is 119 Å². The first kappa shape index (κ1) is 34.2. The van der Waals surface area contributed by atoms with E-state index in [1.54, 1.807) is 9.81 Å². The zero-order chi connectivity index (χ0) is 27.1. The van der Waals surface area contributed by atoms with Gasteiger partial charge in [0.1, 0.15) is 0 Å². The van der Waals surface area contributed by atoms with Crippen molar-refractivity contribution < 1.29 is 20.8 Å². The molecule has 0 aromatic heterocycles. The summed E-state index contributed by atoms with van der Waals surface area (Å²) in [5, 5.41) is 1.54. The Morgan fingerprint density at radius 2 is 1.20 bits per heavy atom. The van der Waals surface area contributed by atoms with Gasteiger partial charge in [-0.2, -0.15) is 0 Å². The van der Waals surface area contributed by atoms with Gasteiger partial charge in [-0.3, -0.25) is 0 Å². The third kappa shape index (κ3) is 6.51. The molecule has 3 fully saturated rings. The number of halogens is 2. The number of hydrogen-bond donors (Lipinski definition) is 0. The van der Waals surface area contributed by atoms with Gasteiger partial charge in [0, 0.05) is 20.3 Å². The van der Waals surface area contributed by atoms with E-state index >= 15 is 0 Å². The van der Waals surface area contributed by atoms with Crippen LogP contribution in [0, 0.1) is 44.4 Å². The molecule has 0 saturated heterocycles. The summed E-state index contributed by atoms with van der Waals surface area (Å²) in [5.41, 5.74) is 4.76. The maximum atomic E-state index is 4.93. The van der Waals surface area contributed by atoms with E-state index in [4.69, 9.17) is 17.0 Å². The van der Waals surface area contributed by atoms with Crippen molar-refractivity contribution in [2.45, 2.75) is 73.7 Å². The molecule has 0 spiro atoms. The number of benzene rings is 2. The normalized spacial score (nSPS) is 34.8. The summed E-state index contributed by atoms with van der Waals surface area (Å²) in [6, 6.07) is 22.5. The first-order valence-corrected chi connectivity index (χ1v) is 26.0. The van der Waals surface area contributed by atoms with E-state index < -0.39 is 28.9 Å². The third-order valence-electron chi connectivity index (χ3n) is 10.7. The third-order valence-corrected chi connectivity index (χ3v) is 19.3. The summed E-state index contributed by atoms with van der Waals surface area (Å²) < 4.78 is 0. The summed E-state index contributed by atoms with van der Waals surface area (Å²) in [6.45, 7) is 8.33. The Kier molecular flexibility index (Phi) is 12.2. The summed E-state index contributed by atoms with van der Waals surface area (Å²) in [7, 11) is 8.32. The van der Waals surface area contributed by atoms with Crippen molar-refractivity contribution in [3.63, 3.8) is 0 Å². The van der Waals surface area contributed by atoms with Gasteiger partial charge >= 0.3 is 37.9 Å². The Bertz CT molecular complexity index is 1130. The fourth-order valence-electron chi connectivity index (χ4n) is 9.48. The first-order valence-electron chi connectivity index (χ1n) is 14.8. The zero-order valence-corrected chi connectivity index (χ0v) is 31.8. The molecule has 2 heterocycles. The topological polar surface area (TPSA) is 0 Å². The average molecular weight is 721 g/mol. The molecule has 0 amide bonds. The molecule has 0 nitrogen and oxygen atoms in total. The second-order valence-corrected chi connectivity index (χ2v) is 24.1. The molecule has 41 heavy (non-hydrogen) atoms. The Labute approximate surface area is 279 Å². The van der Waals surface area contributed by atoms with Crippen LogP contribution >= 0.6 is 40.5 Å². The van der Waals surface area contributed by atoms with Crippen molar-refractivity contribution in [1.82, 2.24) is 0 Å².